The van der Waals surface area contributed by atoms with Crippen molar-refractivity contribution in [2.45, 2.75) is 83.6 Å². The van der Waals surface area contributed by atoms with Gasteiger partial charge < -0.3 is 41.6 Å². The second-order valence-corrected chi connectivity index (χ2v) is 24.9. The van der Waals surface area contributed by atoms with Crippen LogP contribution in [-0.2, 0) is 25.7 Å². The van der Waals surface area contributed by atoms with E-state index >= 15 is 0 Å². The summed E-state index contributed by atoms with van der Waals surface area (Å²) in [5, 5.41) is 35.1. The lowest BCUT2D eigenvalue weighted by molar-refractivity contribution is -0.122. The number of hydrogen-bond acceptors (Lipinski definition) is 23. The molecule has 8 aromatic rings. The summed E-state index contributed by atoms with van der Waals surface area (Å²) in [5.41, 5.74) is 8.57. The predicted molar refractivity (Wildman–Crippen MR) is 316 cm³/mol. The Labute approximate surface area is 494 Å². The van der Waals surface area contributed by atoms with Gasteiger partial charge in [0.2, 0.25) is 11.8 Å². The summed E-state index contributed by atoms with van der Waals surface area (Å²) in [6.45, 7) is 5.98. The van der Waals surface area contributed by atoms with Crippen LogP contribution < -0.4 is 32.3 Å². The van der Waals surface area contributed by atoms with Gasteiger partial charge in [0.25, 0.3) is 11.8 Å². The van der Waals surface area contributed by atoms with Crippen molar-refractivity contribution in [1.29, 1.82) is 0 Å². The predicted octanol–water partition coefficient (Wildman–Crippen LogP) is 8.88. The fourth-order valence-electron chi connectivity index (χ4n) is 8.63. The number of carbonyl (C=O) groups is 6. The van der Waals surface area contributed by atoms with Crippen molar-refractivity contribution in [2.24, 2.45) is 11.7 Å². The highest BCUT2D eigenvalue weighted by Crippen LogP contribution is 2.41. The fraction of sp³-hybridized carbons (Fsp3) is 0.352. The molecule has 8 N–H and O–H groups in total. The summed E-state index contributed by atoms with van der Waals surface area (Å²) < 4.78 is 10.8. The first-order valence-corrected chi connectivity index (χ1v) is 31.1. The third-order valence-corrected chi connectivity index (χ3v) is 18.7. The number of aliphatic hydroxyl groups excluding tert-OH is 1. The highest BCUT2D eigenvalue weighted by Gasteiger charge is 2.33. The summed E-state index contributed by atoms with van der Waals surface area (Å²) in [7, 11) is 2.97. The number of ether oxygens (including phenoxy) is 2. The number of anilines is 1. The normalized spacial score (nSPS) is 16.5. The van der Waals surface area contributed by atoms with Gasteiger partial charge in [-0.25, -0.2) is 39.7 Å². The maximum atomic E-state index is 14.3. The van der Waals surface area contributed by atoms with Crippen LogP contribution in [0.25, 0.3) is 43.4 Å². The first kappa shape index (κ1) is 59.5. The van der Waals surface area contributed by atoms with E-state index in [1.54, 1.807) is 64.8 Å². The maximum absolute atomic E-state index is 14.3. The summed E-state index contributed by atoms with van der Waals surface area (Å²) in [4.78, 5) is 117. The number of nitrogens with zero attached hydrogens (tertiary/aromatic N) is 7. The van der Waals surface area contributed by atoms with Gasteiger partial charge in [-0.05, 0) is 56.3 Å². The summed E-state index contributed by atoms with van der Waals surface area (Å²) >= 11 is 7.34. The van der Waals surface area contributed by atoms with Crippen molar-refractivity contribution >= 4 is 109 Å². The number of aliphatic hydroxyl groups is 1. The van der Waals surface area contributed by atoms with Gasteiger partial charge in [-0.3, -0.25) is 29.3 Å². The molecule has 28 heteroatoms. The van der Waals surface area contributed by atoms with Crippen LogP contribution in [0.15, 0.2) is 64.0 Å². The quantitative estimate of drug-likeness (QED) is 0.0500. The Morgan fingerprint density at radius 1 is 0.756 bits per heavy atom. The van der Waals surface area contributed by atoms with E-state index in [9.17, 15) is 33.9 Å². The van der Waals surface area contributed by atoms with Gasteiger partial charge in [0.1, 0.15) is 77.2 Å². The van der Waals surface area contributed by atoms with Crippen LogP contribution in [-0.4, -0.2) is 109 Å². The van der Waals surface area contributed by atoms with Crippen molar-refractivity contribution in [3.63, 3.8) is 0 Å². The zero-order chi connectivity index (χ0) is 58.0. The molecular formula is C54H57N13O9S6. The number of methoxy groups -OCH3 is 1. The number of hydrogen-bond donors (Lipinski definition) is 7. The molecule has 10 bridgehead atoms. The Hall–Kier alpha value is -7.15. The number of rotatable bonds is 14. The van der Waals surface area contributed by atoms with Crippen LogP contribution in [0.4, 0.5) is 10.6 Å². The summed E-state index contributed by atoms with van der Waals surface area (Å²) in [6, 6.07) is 10.3. The molecule has 0 spiro atoms. The SMILES string of the molecule is CNC(=O)C[C@@H]1NC(=O)c2csc(n2)-c2ccc(-c3nc(NC(=O)OCCCCCN)cs3)nc2-c2csc(n2)-c2csc(n2)[C@H]([C@@H](O)c2ccccc2)NC(=O)CNC(=O)c2nc(sc2COC)[C@@H](C(C)C)CC(=O)c2nc1sc2C. The molecule has 1 aromatic carbocycles. The number of pyridine rings is 1. The van der Waals surface area contributed by atoms with Gasteiger partial charge in [0, 0.05) is 58.5 Å². The molecule has 0 aliphatic carbocycles. The smallest absolute Gasteiger partial charge is 0.412 e. The largest absolute Gasteiger partial charge is 0.449 e. The van der Waals surface area contributed by atoms with Crippen molar-refractivity contribution < 1.29 is 43.3 Å². The molecule has 8 heterocycles. The lowest BCUT2D eigenvalue weighted by Crippen LogP contribution is -2.40. The summed E-state index contributed by atoms with van der Waals surface area (Å²) in [5.74, 6) is -2.86. The number of benzene rings is 1. The molecule has 0 saturated heterocycles. The van der Waals surface area contributed by atoms with Crippen molar-refractivity contribution in [1.82, 2.24) is 56.2 Å². The minimum Gasteiger partial charge on any atom is -0.449 e. The Kier molecular flexibility index (Phi) is 19.8. The molecule has 0 unspecified atom stereocenters. The number of aryl methyl sites for hydroxylation is 1. The van der Waals surface area contributed by atoms with Gasteiger partial charge in [-0.2, -0.15) is 0 Å². The molecule has 7 aromatic heterocycles. The first-order valence-electron chi connectivity index (χ1n) is 25.9. The Morgan fingerprint density at radius 2 is 1.49 bits per heavy atom. The van der Waals surface area contributed by atoms with Crippen LogP contribution in [0.2, 0.25) is 0 Å². The number of aromatic nitrogens is 7. The third kappa shape index (κ3) is 14.2. The number of nitrogens with one attached hydrogen (secondary N) is 5. The second-order valence-electron chi connectivity index (χ2n) is 19.1. The van der Waals surface area contributed by atoms with E-state index in [0.717, 1.165) is 12.8 Å². The molecule has 428 valence electrons. The first-order chi connectivity index (χ1) is 39.6. The summed E-state index contributed by atoms with van der Waals surface area (Å²) in [6.07, 6.45) is 0.217. The highest BCUT2D eigenvalue weighted by molar-refractivity contribution is 7.15. The van der Waals surface area contributed by atoms with Crippen LogP contribution in [0.5, 0.6) is 0 Å². The molecule has 1 aliphatic heterocycles. The third-order valence-electron chi connectivity index (χ3n) is 12.9. The van der Waals surface area contributed by atoms with Gasteiger partial charge in [0.05, 0.1) is 47.8 Å². The molecule has 82 heavy (non-hydrogen) atoms. The molecule has 1 aliphatic rings. The highest BCUT2D eigenvalue weighted by atomic mass is 32.1. The number of fused-ring (bicyclic) bond motifs is 14. The van der Waals surface area contributed by atoms with Crippen LogP contribution in [0.3, 0.4) is 0 Å². The molecule has 9 rings (SSSR count). The van der Waals surface area contributed by atoms with Gasteiger partial charge in [-0.15, -0.1) is 68.0 Å². The van der Waals surface area contributed by atoms with E-state index in [4.69, 9.17) is 45.1 Å². The lowest BCUT2D eigenvalue weighted by Gasteiger charge is -2.23. The van der Waals surface area contributed by atoms with E-state index < -0.39 is 54.5 Å². The molecule has 22 nitrogen and oxygen atoms in total. The lowest BCUT2D eigenvalue weighted by atomic mass is 9.90. The monoisotopic (exact) mass is 1220 g/mol. The molecular weight excluding hydrogens is 1170 g/mol. The number of thiazole rings is 6. The number of carbonyl (C=O) groups excluding carboxylic acids is 6. The molecule has 0 saturated carbocycles. The van der Waals surface area contributed by atoms with Crippen molar-refractivity contribution in [3.05, 3.63) is 111 Å². The van der Waals surface area contributed by atoms with Gasteiger partial charge >= 0.3 is 6.09 Å². The zero-order valence-electron chi connectivity index (χ0n) is 45.0. The molecule has 5 amide bonds. The fourth-order valence-corrected chi connectivity index (χ4v) is 14.2. The zero-order valence-corrected chi connectivity index (χ0v) is 49.9. The van der Waals surface area contributed by atoms with Crippen molar-refractivity contribution in [2.75, 3.05) is 39.2 Å². The Balaban J connectivity index is 1.10. The minimum absolute atomic E-state index is 0.0300. The van der Waals surface area contributed by atoms with Crippen LogP contribution in [0, 0.1) is 12.8 Å². The van der Waals surface area contributed by atoms with Gasteiger partial charge in [0.15, 0.2) is 5.78 Å². The minimum atomic E-state index is -1.26. The van der Waals surface area contributed by atoms with E-state index in [2.05, 4.69) is 31.6 Å². The average Bonchev–Trinajstić information content (AvgIpc) is 4.46. The number of nitrogens with two attached hydrogens (primary N) is 1. The van der Waals surface area contributed by atoms with Crippen LogP contribution >= 0.6 is 68.0 Å². The van der Waals surface area contributed by atoms with Crippen LogP contribution in [0.1, 0.15) is 132 Å². The Bertz CT molecular complexity index is 3590. The van der Waals surface area contributed by atoms with Crippen molar-refractivity contribution in [3.8, 4) is 43.4 Å². The van der Waals surface area contributed by atoms with Gasteiger partial charge in [-0.1, -0.05) is 44.2 Å². The second kappa shape index (κ2) is 27.3. The average molecular weight is 1220 g/mol. The molecule has 0 fully saturated rings. The standard InChI is InChI=1S/C54H57N13O9S6/c1-26(2)30-18-36(68)41-27(3)81-52(66-41)32(19-39(69)56-4)59-46(72)34-23-77-48(61-34)29-14-15-31(50-63-38(25-80-50)64-54(74)76-17-11-7-10-16-55)58-42(29)33-22-78-51(60-33)35-24-79-53(62-35)44(45(71)28-12-8-6-9-13-28)65-40(70)20-57-47(73)43-37(21-75-5)82-49(30)67-43/h6,8-9,12-15,22-26,30,32,44-45,71H,7,10-11,16-21,55H2,1-5H3,(H,56,69)(H,57,73)(H,59,72)(H,64,74)(H,65,70)/t30-,32+,44+,45+/m1/s1. The van der Waals surface area contributed by atoms with E-state index in [0.29, 0.717) is 86.7 Å². The Morgan fingerprint density at radius 3 is 2.26 bits per heavy atom. The van der Waals surface area contributed by atoms with E-state index in [1.807, 2.05) is 19.9 Å². The molecule has 0 radical (unpaired) electrons. The van der Waals surface area contributed by atoms with E-state index in [1.165, 1.54) is 82.2 Å². The van der Waals surface area contributed by atoms with E-state index in [-0.39, 0.29) is 66.6 Å². The topological polar surface area (TPSA) is 318 Å². The number of unbranched alkanes of at least 4 members (excludes halogenated alkanes) is 2. The number of Topliss-reactive ketones (excluding diaryl/α,β-unsaturated/α-hetero) is 1. The molecule has 4 atom stereocenters. The number of ketones is 1. The number of amides is 5. The maximum Gasteiger partial charge on any atom is 0.412 e.